The molecule has 5 heteroatoms. The second-order valence-corrected chi connectivity index (χ2v) is 3.72. The molecule has 0 aliphatic heterocycles. The topological polar surface area (TPSA) is 84.6 Å². The van der Waals surface area contributed by atoms with Gasteiger partial charge in [0.05, 0.1) is 12.1 Å². The molecule has 0 bridgehead atoms. The Labute approximate surface area is 83.6 Å². The Balaban J connectivity index is 2.14. The second kappa shape index (κ2) is 5.29. The van der Waals surface area contributed by atoms with Gasteiger partial charge in [-0.15, -0.1) is 0 Å². The number of aliphatic hydroxyl groups excluding tert-OH is 1. The Morgan fingerprint density at radius 1 is 1.71 bits per heavy atom. The average molecular weight is 202 g/mol. The minimum absolute atomic E-state index is 0.103. The van der Waals surface area contributed by atoms with Gasteiger partial charge >= 0.3 is 0 Å². The maximum Gasteiger partial charge on any atom is 0.237 e. The van der Waals surface area contributed by atoms with E-state index in [0.717, 1.165) is 0 Å². The van der Waals surface area contributed by atoms with E-state index in [9.17, 15) is 4.79 Å². The molecule has 0 aromatic heterocycles. The van der Waals surface area contributed by atoms with Gasteiger partial charge in [-0.1, -0.05) is 0 Å². The van der Waals surface area contributed by atoms with Crippen LogP contribution in [0.25, 0.3) is 0 Å². The van der Waals surface area contributed by atoms with Crippen molar-refractivity contribution in [2.75, 3.05) is 13.7 Å². The number of nitrogens with one attached hydrogen (secondary N) is 1. The highest BCUT2D eigenvalue weighted by molar-refractivity contribution is 5.81. The SMILES string of the molecule is COCCC(N)C(=O)NC1CC(O)C1. The molecule has 1 fully saturated rings. The van der Waals surface area contributed by atoms with Crippen molar-refractivity contribution >= 4 is 5.91 Å². The van der Waals surface area contributed by atoms with Crippen molar-refractivity contribution in [2.45, 2.75) is 37.5 Å². The summed E-state index contributed by atoms with van der Waals surface area (Å²) in [6.07, 6.45) is 1.55. The second-order valence-electron chi connectivity index (χ2n) is 3.72. The van der Waals surface area contributed by atoms with Crippen molar-refractivity contribution in [3.05, 3.63) is 0 Å². The van der Waals surface area contributed by atoms with Crippen molar-refractivity contribution in [3.63, 3.8) is 0 Å². The van der Waals surface area contributed by atoms with Crippen molar-refractivity contribution < 1.29 is 14.6 Å². The monoisotopic (exact) mass is 202 g/mol. The van der Waals surface area contributed by atoms with Gasteiger partial charge in [0.25, 0.3) is 0 Å². The van der Waals surface area contributed by atoms with Crippen LogP contribution < -0.4 is 11.1 Å². The quantitative estimate of drug-likeness (QED) is 0.533. The summed E-state index contributed by atoms with van der Waals surface area (Å²) in [7, 11) is 1.58. The number of amides is 1. The molecule has 4 N–H and O–H groups in total. The lowest BCUT2D eigenvalue weighted by Crippen LogP contribution is -2.51. The lowest BCUT2D eigenvalue weighted by molar-refractivity contribution is -0.124. The summed E-state index contributed by atoms with van der Waals surface area (Å²) in [6, 6.07) is -0.404. The van der Waals surface area contributed by atoms with Crippen molar-refractivity contribution in [1.82, 2.24) is 5.32 Å². The maximum absolute atomic E-state index is 11.4. The molecule has 1 aliphatic carbocycles. The van der Waals surface area contributed by atoms with E-state index in [-0.39, 0.29) is 18.1 Å². The first-order valence-electron chi connectivity index (χ1n) is 4.86. The van der Waals surface area contributed by atoms with Crippen LogP contribution in [-0.2, 0) is 9.53 Å². The van der Waals surface area contributed by atoms with Crippen LogP contribution in [-0.4, -0.2) is 42.9 Å². The van der Waals surface area contributed by atoms with E-state index in [1.807, 2.05) is 0 Å². The van der Waals surface area contributed by atoms with Gasteiger partial charge in [0, 0.05) is 19.8 Å². The van der Waals surface area contributed by atoms with Crippen LogP contribution in [0.1, 0.15) is 19.3 Å². The predicted octanol–water partition coefficient (Wildman–Crippen LogP) is -1.01. The smallest absolute Gasteiger partial charge is 0.237 e. The molecule has 0 heterocycles. The van der Waals surface area contributed by atoms with Crippen LogP contribution in [0.2, 0.25) is 0 Å². The van der Waals surface area contributed by atoms with Crippen LogP contribution in [0, 0.1) is 0 Å². The van der Waals surface area contributed by atoms with E-state index < -0.39 is 6.04 Å². The minimum atomic E-state index is -0.507. The van der Waals surface area contributed by atoms with Crippen LogP contribution in [0.3, 0.4) is 0 Å². The fourth-order valence-corrected chi connectivity index (χ4v) is 1.39. The number of carbonyl (C=O) groups excluding carboxylic acids is 1. The zero-order valence-corrected chi connectivity index (χ0v) is 8.40. The van der Waals surface area contributed by atoms with E-state index in [4.69, 9.17) is 15.6 Å². The Morgan fingerprint density at radius 2 is 2.36 bits per heavy atom. The number of carbonyl (C=O) groups is 1. The molecule has 1 aliphatic rings. The lowest BCUT2D eigenvalue weighted by Gasteiger charge is -2.32. The van der Waals surface area contributed by atoms with Gasteiger partial charge in [0.15, 0.2) is 0 Å². The van der Waals surface area contributed by atoms with E-state index >= 15 is 0 Å². The predicted molar refractivity (Wildman–Crippen MR) is 51.6 cm³/mol. The third-order valence-corrected chi connectivity index (χ3v) is 2.43. The summed E-state index contributed by atoms with van der Waals surface area (Å²) in [5, 5.41) is 11.8. The summed E-state index contributed by atoms with van der Waals surface area (Å²) < 4.78 is 4.82. The molecule has 82 valence electrons. The molecule has 0 aromatic rings. The summed E-state index contributed by atoms with van der Waals surface area (Å²) in [5.41, 5.74) is 5.61. The van der Waals surface area contributed by atoms with Gasteiger partial charge in [0.2, 0.25) is 5.91 Å². The molecular formula is C9H18N2O3. The van der Waals surface area contributed by atoms with Gasteiger partial charge < -0.3 is 20.9 Å². The van der Waals surface area contributed by atoms with Gasteiger partial charge in [-0.2, -0.15) is 0 Å². The van der Waals surface area contributed by atoms with Gasteiger partial charge in [-0.25, -0.2) is 0 Å². The molecule has 1 rings (SSSR count). The summed E-state index contributed by atoms with van der Waals surface area (Å²) in [5.74, 6) is -0.154. The Kier molecular flexibility index (Phi) is 4.31. The minimum Gasteiger partial charge on any atom is -0.393 e. The van der Waals surface area contributed by atoms with Gasteiger partial charge in [-0.05, 0) is 19.3 Å². The first-order valence-corrected chi connectivity index (χ1v) is 4.86. The summed E-state index contributed by atoms with van der Waals surface area (Å²) in [4.78, 5) is 11.4. The molecule has 0 aromatic carbocycles. The highest BCUT2D eigenvalue weighted by atomic mass is 16.5. The Morgan fingerprint density at radius 3 is 2.86 bits per heavy atom. The largest absolute Gasteiger partial charge is 0.393 e. The molecule has 0 spiro atoms. The Hall–Kier alpha value is -0.650. The van der Waals surface area contributed by atoms with Crippen LogP contribution in [0.4, 0.5) is 0 Å². The first-order chi connectivity index (χ1) is 6.63. The summed E-state index contributed by atoms with van der Waals surface area (Å²) in [6.45, 7) is 0.488. The number of hydrogen-bond acceptors (Lipinski definition) is 4. The molecule has 1 unspecified atom stereocenters. The highest BCUT2D eigenvalue weighted by Gasteiger charge is 2.29. The number of aliphatic hydroxyl groups is 1. The number of methoxy groups -OCH3 is 1. The van der Waals surface area contributed by atoms with Crippen molar-refractivity contribution in [3.8, 4) is 0 Å². The molecule has 14 heavy (non-hydrogen) atoms. The zero-order valence-electron chi connectivity index (χ0n) is 8.40. The number of nitrogens with two attached hydrogens (primary N) is 1. The molecule has 1 saturated carbocycles. The van der Waals surface area contributed by atoms with Crippen molar-refractivity contribution in [1.29, 1.82) is 0 Å². The molecule has 0 radical (unpaired) electrons. The fraction of sp³-hybridized carbons (Fsp3) is 0.889. The molecule has 5 nitrogen and oxygen atoms in total. The lowest BCUT2D eigenvalue weighted by atomic mass is 9.89. The van der Waals surface area contributed by atoms with Crippen LogP contribution in [0.5, 0.6) is 0 Å². The molecule has 1 atom stereocenters. The number of hydrogen-bond donors (Lipinski definition) is 3. The van der Waals surface area contributed by atoms with E-state index in [0.29, 0.717) is 25.9 Å². The van der Waals surface area contributed by atoms with E-state index in [1.165, 1.54) is 0 Å². The normalized spacial score (nSPS) is 27.9. The average Bonchev–Trinajstić information content (AvgIpc) is 2.11. The third-order valence-electron chi connectivity index (χ3n) is 2.43. The van der Waals surface area contributed by atoms with Crippen molar-refractivity contribution in [2.24, 2.45) is 5.73 Å². The van der Waals surface area contributed by atoms with Crippen LogP contribution >= 0.6 is 0 Å². The maximum atomic E-state index is 11.4. The highest BCUT2D eigenvalue weighted by Crippen LogP contribution is 2.19. The standard InChI is InChI=1S/C9H18N2O3/c1-14-3-2-8(10)9(13)11-6-4-7(12)5-6/h6-8,12H,2-5,10H2,1H3,(H,11,13). The van der Waals surface area contributed by atoms with Crippen LogP contribution in [0.15, 0.2) is 0 Å². The summed E-state index contributed by atoms with van der Waals surface area (Å²) >= 11 is 0. The molecular weight excluding hydrogens is 184 g/mol. The molecule has 0 saturated heterocycles. The first kappa shape index (κ1) is 11.4. The van der Waals surface area contributed by atoms with E-state index in [2.05, 4.69) is 5.32 Å². The molecule has 1 amide bonds. The third kappa shape index (κ3) is 3.25. The fourth-order valence-electron chi connectivity index (χ4n) is 1.39. The number of ether oxygens (including phenoxy) is 1. The van der Waals surface area contributed by atoms with E-state index in [1.54, 1.807) is 7.11 Å². The van der Waals surface area contributed by atoms with Gasteiger partial charge in [-0.3, -0.25) is 4.79 Å². The Bertz CT molecular complexity index is 192. The zero-order chi connectivity index (χ0) is 10.6. The van der Waals surface area contributed by atoms with Gasteiger partial charge in [0.1, 0.15) is 0 Å². The number of rotatable bonds is 5.